The van der Waals surface area contributed by atoms with Crippen LogP contribution < -0.4 is 0 Å². The second-order valence-corrected chi connectivity index (χ2v) is 3.45. The molecule has 0 saturated heterocycles. The minimum atomic E-state index is -0.387. The number of rotatable bonds is 2. The lowest BCUT2D eigenvalue weighted by Gasteiger charge is -2.02. The van der Waals surface area contributed by atoms with Crippen LogP contribution in [0.4, 0.5) is 5.69 Å². The van der Waals surface area contributed by atoms with Gasteiger partial charge in [-0.05, 0) is 12.8 Å². The van der Waals surface area contributed by atoms with Crippen molar-refractivity contribution in [2.45, 2.75) is 25.2 Å². The molecule has 1 aromatic heterocycles. The number of nitro groups is 1. The molecule has 0 amide bonds. The van der Waals surface area contributed by atoms with E-state index in [1.165, 1.54) is 6.20 Å². The van der Waals surface area contributed by atoms with E-state index < -0.39 is 0 Å². The molecule has 1 saturated carbocycles. The third kappa shape index (κ3) is 0.895. The van der Waals surface area contributed by atoms with Crippen LogP contribution in [0.15, 0.2) is 6.20 Å². The van der Waals surface area contributed by atoms with Gasteiger partial charge in [0.1, 0.15) is 11.9 Å². The first-order valence-electron chi connectivity index (χ1n) is 3.82. The van der Waals surface area contributed by atoms with E-state index in [1.54, 1.807) is 0 Å². The summed E-state index contributed by atoms with van der Waals surface area (Å²) in [4.78, 5) is 10.1. The van der Waals surface area contributed by atoms with Crippen molar-refractivity contribution < 1.29 is 4.92 Å². The number of nitrogens with zero attached hydrogens (tertiary/aromatic N) is 2. The van der Waals surface area contributed by atoms with Gasteiger partial charge in [0.15, 0.2) is 0 Å². The minimum absolute atomic E-state index is 0.0150. The molecule has 64 valence electrons. The zero-order valence-electron chi connectivity index (χ0n) is 6.70. The van der Waals surface area contributed by atoms with Gasteiger partial charge in [0.25, 0.3) is 0 Å². The Morgan fingerprint density at radius 1 is 1.75 bits per heavy atom. The predicted molar refractivity (Wildman–Crippen MR) is 41.8 cm³/mol. The molecule has 0 aliphatic heterocycles. The molecule has 0 aromatic carbocycles. The van der Waals surface area contributed by atoms with Crippen LogP contribution in [0.25, 0.3) is 0 Å². The fourth-order valence-corrected chi connectivity index (χ4v) is 1.30. The van der Waals surface area contributed by atoms with Crippen LogP contribution >= 0.6 is 0 Å². The summed E-state index contributed by atoms with van der Waals surface area (Å²) in [5, 5.41) is 16.9. The van der Waals surface area contributed by atoms with Crippen molar-refractivity contribution in [3.05, 3.63) is 22.0 Å². The average molecular weight is 167 g/mol. The highest BCUT2D eigenvalue weighted by Gasteiger charge is 2.45. The van der Waals surface area contributed by atoms with Gasteiger partial charge in [-0.3, -0.25) is 15.2 Å². The first-order valence-corrected chi connectivity index (χ1v) is 3.82. The van der Waals surface area contributed by atoms with Gasteiger partial charge in [-0.1, -0.05) is 6.92 Å². The summed E-state index contributed by atoms with van der Waals surface area (Å²) in [5.41, 5.74) is 0.779. The van der Waals surface area contributed by atoms with E-state index in [0.29, 0.717) is 5.69 Å². The maximum atomic E-state index is 10.5. The van der Waals surface area contributed by atoms with Crippen LogP contribution in [-0.4, -0.2) is 15.1 Å². The smallest absolute Gasteiger partial charge is 0.275 e. The summed E-state index contributed by atoms with van der Waals surface area (Å²) >= 11 is 0. The molecule has 1 heterocycles. The Bertz CT molecular complexity index is 327. The number of hydrogen-bond acceptors (Lipinski definition) is 3. The quantitative estimate of drug-likeness (QED) is 0.534. The van der Waals surface area contributed by atoms with Crippen molar-refractivity contribution in [1.82, 2.24) is 10.2 Å². The first-order chi connectivity index (χ1) is 5.63. The van der Waals surface area contributed by atoms with Crippen molar-refractivity contribution in [2.75, 3.05) is 0 Å². The Morgan fingerprint density at radius 3 is 2.92 bits per heavy atom. The zero-order chi connectivity index (χ0) is 8.77. The second kappa shape index (κ2) is 2.06. The molecule has 2 rings (SSSR count). The van der Waals surface area contributed by atoms with Crippen LogP contribution in [0.5, 0.6) is 0 Å². The first kappa shape index (κ1) is 7.27. The van der Waals surface area contributed by atoms with Crippen LogP contribution in [0.3, 0.4) is 0 Å². The summed E-state index contributed by atoms with van der Waals surface area (Å²) in [7, 11) is 0. The highest BCUT2D eigenvalue weighted by atomic mass is 16.6. The third-order valence-electron chi connectivity index (χ3n) is 2.42. The number of nitrogens with one attached hydrogen (secondary N) is 1. The molecule has 0 radical (unpaired) electrons. The lowest BCUT2D eigenvalue weighted by Crippen LogP contribution is -2.03. The van der Waals surface area contributed by atoms with Gasteiger partial charge in [-0.2, -0.15) is 5.10 Å². The Morgan fingerprint density at radius 2 is 2.42 bits per heavy atom. The molecule has 1 aromatic rings. The van der Waals surface area contributed by atoms with E-state index in [9.17, 15) is 10.1 Å². The van der Waals surface area contributed by atoms with E-state index in [1.807, 2.05) is 6.92 Å². The molecule has 0 bridgehead atoms. The van der Waals surface area contributed by atoms with Crippen molar-refractivity contribution in [2.24, 2.45) is 0 Å². The highest BCUT2D eigenvalue weighted by molar-refractivity contribution is 5.40. The van der Waals surface area contributed by atoms with Gasteiger partial charge in [0.2, 0.25) is 0 Å². The standard InChI is InChI=1S/C7H9N3O2/c1-7(2-3-7)6-5(10(11)12)4-8-9-6/h4H,2-3H2,1H3,(H,8,9). The Hall–Kier alpha value is -1.39. The van der Waals surface area contributed by atoms with Gasteiger partial charge in [-0.25, -0.2) is 0 Å². The summed E-state index contributed by atoms with van der Waals surface area (Å²) < 4.78 is 0. The highest BCUT2D eigenvalue weighted by Crippen LogP contribution is 2.49. The van der Waals surface area contributed by atoms with E-state index >= 15 is 0 Å². The molecular weight excluding hydrogens is 158 g/mol. The molecule has 5 nitrogen and oxygen atoms in total. The monoisotopic (exact) mass is 167 g/mol. The molecule has 0 spiro atoms. The van der Waals surface area contributed by atoms with Gasteiger partial charge in [0, 0.05) is 5.41 Å². The lowest BCUT2D eigenvalue weighted by atomic mass is 10.1. The van der Waals surface area contributed by atoms with Gasteiger partial charge < -0.3 is 0 Å². The predicted octanol–water partition coefficient (Wildman–Crippen LogP) is 1.37. The van der Waals surface area contributed by atoms with Crippen LogP contribution in [0.1, 0.15) is 25.5 Å². The van der Waals surface area contributed by atoms with Crippen LogP contribution in [0.2, 0.25) is 0 Å². The maximum absolute atomic E-state index is 10.5. The number of H-pyrrole nitrogens is 1. The normalized spacial score (nSPS) is 19.1. The molecule has 1 aliphatic carbocycles. The molecule has 1 N–H and O–H groups in total. The molecule has 12 heavy (non-hydrogen) atoms. The zero-order valence-corrected chi connectivity index (χ0v) is 6.70. The van der Waals surface area contributed by atoms with Crippen LogP contribution in [0, 0.1) is 10.1 Å². The Labute approximate surface area is 68.9 Å². The number of aromatic amines is 1. The Kier molecular flexibility index (Phi) is 1.25. The van der Waals surface area contributed by atoms with Crippen molar-refractivity contribution >= 4 is 5.69 Å². The fourth-order valence-electron chi connectivity index (χ4n) is 1.30. The summed E-state index contributed by atoms with van der Waals surface area (Å²) in [6, 6.07) is 0. The number of aromatic nitrogens is 2. The molecule has 1 aliphatic rings. The summed E-state index contributed by atoms with van der Waals surface area (Å²) in [5.74, 6) is 0. The molecule has 1 fully saturated rings. The SMILES string of the molecule is CC1(c2[nH]ncc2[N+](=O)[O-])CC1. The van der Waals surface area contributed by atoms with Gasteiger partial charge >= 0.3 is 5.69 Å². The van der Waals surface area contributed by atoms with Gasteiger partial charge in [0.05, 0.1) is 4.92 Å². The van der Waals surface area contributed by atoms with Crippen molar-refractivity contribution in [1.29, 1.82) is 0 Å². The van der Waals surface area contributed by atoms with Crippen molar-refractivity contribution in [3.8, 4) is 0 Å². The second-order valence-electron chi connectivity index (χ2n) is 3.45. The molecule has 0 atom stereocenters. The lowest BCUT2D eigenvalue weighted by molar-refractivity contribution is -0.385. The summed E-state index contributed by atoms with van der Waals surface area (Å²) in [6.45, 7) is 2.01. The van der Waals surface area contributed by atoms with Crippen LogP contribution in [-0.2, 0) is 5.41 Å². The minimum Gasteiger partial charge on any atom is -0.275 e. The molecule has 0 unspecified atom stereocenters. The topological polar surface area (TPSA) is 71.8 Å². The molecule has 5 heteroatoms. The van der Waals surface area contributed by atoms with E-state index in [2.05, 4.69) is 10.2 Å². The third-order valence-corrected chi connectivity index (χ3v) is 2.42. The largest absolute Gasteiger partial charge is 0.310 e. The average Bonchev–Trinajstić information content (AvgIpc) is 2.61. The van der Waals surface area contributed by atoms with E-state index in [-0.39, 0.29) is 16.0 Å². The Balaban J connectivity index is 2.43. The summed E-state index contributed by atoms with van der Waals surface area (Å²) in [6.07, 6.45) is 3.30. The molecular formula is C7H9N3O2. The van der Waals surface area contributed by atoms with E-state index in [0.717, 1.165) is 12.8 Å². The maximum Gasteiger partial charge on any atom is 0.310 e. The number of hydrogen-bond donors (Lipinski definition) is 1. The van der Waals surface area contributed by atoms with Crippen molar-refractivity contribution in [3.63, 3.8) is 0 Å². The fraction of sp³-hybridized carbons (Fsp3) is 0.571. The van der Waals surface area contributed by atoms with Gasteiger partial charge in [-0.15, -0.1) is 0 Å². The van der Waals surface area contributed by atoms with E-state index in [4.69, 9.17) is 0 Å².